The van der Waals surface area contributed by atoms with Crippen molar-refractivity contribution in [3.05, 3.63) is 36.0 Å². The number of nitrogens with zero attached hydrogens (tertiary/aromatic N) is 2. The van der Waals surface area contributed by atoms with Crippen molar-refractivity contribution < 1.29 is 8.81 Å². The normalized spacial score (nSPS) is 23.9. The summed E-state index contributed by atoms with van der Waals surface area (Å²) in [6, 6.07) is 6.27. The number of hydrogen-bond donors (Lipinski definition) is 1. The summed E-state index contributed by atoms with van der Waals surface area (Å²) in [5.41, 5.74) is 1.01. The lowest BCUT2D eigenvalue weighted by molar-refractivity contribution is 0.328. The maximum absolute atomic E-state index is 13.2. The Balaban J connectivity index is 1.57. The van der Waals surface area contributed by atoms with Gasteiger partial charge in [-0.15, -0.1) is 10.2 Å². The Hall–Kier alpha value is -1.75. The highest BCUT2D eigenvalue weighted by Crippen LogP contribution is 2.63. The molecule has 1 aliphatic carbocycles. The van der Waals surface area contributed by atoms with Gasteiger partial charge in [-0.1, -0.05) is 6.07 Å². The van der Waals surface area contributed by atoms with E-state index in [1.807, 2.05) is 0 Å². The highest BCUT2D eigenvalue weighted by Gasteiger charge is 2.57. The molecular weight excluding hydrogens is 257 g/mol. The first-order valence-electron chi connectivity index (χ1n) is 7.07. The standard InChI is InChI=1S/C15H16FN3O/c16-11-3-1-2-10(8-11)13-18-19-14(20-13)12-9-15(12)4-6-17-7-5-15/h1-3,8,12,17H,4-7,9H2/t12-/m0/s1. The molecule has 2 aromatic rings. The molecule has 1 aliphatic heterocycles. The summed E-state index contributed by atoms with van der Waals surface area (Å²) >= 11 is 0. The highest BCUT2D eigenvalue weighted by atomic mass is 19.1. The molecule has 2 heterocycles. The van der Waals surface area contributed by atoms with E-state index in [-0.39, 0.29) is 5.82 Å². The van der Waals surface area contributed by atoms with Gasteiger partial charge in [-0.25, -0.2) is 4.39 Å². The fraction of sp³-hybridized carbons (Fsp3) is 0.467. The molecule has 5 heteroatoms. The molecule has 1 aromatic carbocycles. The Morgan fingerprint density at radius 2 is 2.10 bits per heavy atom. The van der Waals surface area contributed by atoms with E-state index in [2.05, 4.69) is 15.5 Å². The van der Waals surface area contributed by atoms with Gasteiger partial charge in [0, 0.05) is 11.5 Å². The molecule has 2 fully saturated rings. The van der Waals surface area contributed by atoms with Gasteiger partial charge in [-0.3, -0.25) is 0 Å². The van der Waals surface area contributed by atoms with Crippen LogP contribution in [-0.2, 0) is 0 Å². The monoisotopic (exact) mass is 273 g/mol. The molecule has 1 atom stereocenters. The zero-order chi connectivity index (χ0) is 13.6. The molecule has 0 amide bonds. The molecular formula is C15H16FN3O. The maximum atomic E-state index is 13.2. The smallest absolute Gasteiger partial charge is 0.247 e. The molecule has 104 valence electrons. The first-order chi connectivity index (χ1) is 9.77. The third-order valence-electron chi connectivity index (χ3n) is 4.60. The number of benzene rings is 1. The van der Waals surface area contributed by atoms with Crippen LogP contribution in [0.2, 0.25) is 0 Å². The van der Waals surface area contributed by atoms with Crippen LogP contribution in [0, 0.1) is 11.2 Å². The average Bonchev–Trinajstić information content (AvgIpc) is 2.95. The Morgan fingerprint density at radius 1 is 1.25 bits per heavy atom. The van der Waals surface area contributed by atoms with Gasteiger partial charge in [-0.2, -0.15) is 0 Å². The van der Waals surface area contributed by atoms with Crippen LogP contribution < -0.4 is 5.32 Å². The summed E-state index contributed by atoms with van der Waals surface area (Å²) in [4.78, 5) is 0. The van der Waals surface area contributed by atoms with Gasteiger partial charge in [-0.05, 0) is 56.0 Å². The summed E-state index contributed by atoms with van der Waals surface area (Å²) in [5, 5.41) is 11.6. The average molecular weight is 273 g/mol. The summed E-state index contributed by atoms with van der Waals surface area (Å²) in [6.07, 6.45) is 3.49. The van der Waals surface area contributed by atoms with Crippen molar-refractivity contribution in [1.29, 1.82) is 0 Å². The molecule has 20 heavy (non-hydrogen) atoms. The van der Waals surface area contributed by atoms with E-state index >= 15 is 0 Å². The summed E-state index contributed by atoms with van der Waals surface area (Å²) < 4.78 is 19.0. The van der Waals surface area contributed by atoms with Crippen LogP contribution in [0.3, 0.4) is 0 Å². The van der Waals surface area contributed by atoms with Crippen LogP contribution in [0.4, 0.5) is 4.39 Å². The minimum absolute atomic E-state index is 0.288. The van der Waals surface area contributed by atoms with Crippen LogP contribution in [0.5, 0.6) is 0 Å². The second kappa shape index (κ2) is 4.38. The van der Waals surface area contributed by atoms with E-state index in [0.717, 1.165) is 19.5 Å². The SMILES string of the molecule is Fc1cccc(-c2nnc([C@@H]3CC34CCNCC4)o2)c1. The second-order valence-corrected chi connectivity index (χ2v) is 5.82. The Morgan fingerprint density at radius 3 is 2.90 bits per heavy atom. The molecule has 0 bridgehead atoms. The van der Waals surface area contributed by atoms with Crippen LogP contribution in [0.25, 0.3) is 11.5 Å². The van der Waals surface area contributed by atoms with Gasteiger partial charge < -0.3 is 9.73 Å². The van der Waals surface area contributed by atoms with Crippen molar-refractivity contribution in [2.75, 3.05) is 13.1 Å². The predicted molar refractivity (Wildman–Crippen MR) is 71.6 cm³/mol. The Labute approximate surface area is 116 Å². The van der Waals surface area contributed by atoms with E-state index in [9.17, 15) is 4.39 Å². The summed E-state index contributed by atoms with van der Waals surface area (Å²) in [6.45, 7) is 2.14. The molecule has 0 radical (unpaired) electrons. The molecule has 1 N–H and O–H groups in total. The van der Waals surface area contributed by atoms with Gasteiger partial charge in [0.05, 0.1) is 0 Å². The highest BCUT2D eigenvalue weighted by molar-refractivity contribution is 5.52. The first-order valence-corrected chi connectivity index (χ1v) is 7.07. The number of rotatable bonds is 2. The predicted octanol–water partition coefficient (Wildman–Crippen LogP) is 2.73. The minimum Gasteiger partial charge on any atom is -0.420 e. The van der Waals surface area contributed by atoms with E-state index in [0.29, 0.717) is 28.7 Å². The van der Waals surface area contributed by atoms with Gasteiger partial charge >= 0.3 is 0 Å². The second-order valence-electron chi connectivity index (χ2n) is 5.82. The lowest BCUT2D eigenvalue weighted by atomic mass is 9.92. The zero-order valence-electron chi connectivity index (χ0n) is 11.1. The quantitative estimate of drug-likeness (QED) is 0.914. The topological polar surface area (TPSA) is 51.0 Å². The summed E-state index contributed by atoms with van der Waals surface area (Å²) in [5.74, 6) is 1.23. The Kier molecular flexibility index (Phi) is 2.63. The zero-order valence-corrected chi connectivity index (χ0v) is 11.1. The Bertz CT molecular complexity index is 634. The maximum Gasteiger partial charge on any atom is 0.247 e. The molecule has 1 spiro atoms. The van der Waals surface area contributed by atoms with Crippen molar-refractivity contribution >= 4 is 0 Å². The molecule has 4 rings (SSSR count). The van der Waals surface area contributed by atoms with Crippen LogP contribution >= 0.6 is 0 Å². The number of aromatic nitrogens is 2. The van der Waals surface area contributed by atoms with Crippen LogP contribution in [-0.4, -0.2) is 23.3 Å². The third-order valence-corrected chi connectivity index (χ3v) is 4.60. The lowest BCUT2D eigenvalue weighted by Gasteiger charge is -2.22. The van der Waals surface area contributed by atoms with E-state index < -0.39 is 0 Å². The van der Waals surface area contributed by atoms with Gasteiger partial charge in [0.15, 0.2) is 0 Å². The number of nitrogens with one attached hydrogen (secondary N) is 1. The molecule has 2 aliphatic rings. The third kappa shape index (κ3) is 1.93. The van der Waals surface area contributed by atoms with Crippen LogP contribution in [0.1, 0.15) is 31.1 Å². The number of halogens is 1. The van der Waals surface area contributed by atoms with Gasteiger partial charge in [0.2, 0.25) is 11.8 Å². The molecule has 0 unspecified atom stereocenters. The van der Waals surface area contributed by atoms with Crippen molar-refractivity contribution in [2.45, 2.75) is 25.2 Å². The number of piperidine rings is 1. The van der Waals surface area contributed by atoms with Crippen molar-refractivity contribution in [2.24, 2.45) is 5.41 Å². The van der Waals surface area contributed by atoms with E-state index in [1.165, 1.54) is 25.0 Å². The fourth-order valence-electron chi connectivity index (χ4n) is 3.29. The van der Waals surface area contributed by atoms with Gasteiger partial charge in [0.1, 0.15) is 5.82 Å². The first kappa shape index (κ1) is 12.0. The minimum atomic E-state index is -0.288. The largest absolute Gasteiger partial charge is 0.420 e. The van der Waals surface area contributed by atoms with Crippen molar-refractivity contribution in [1.82, 2.24) is 15.5 Å². The molecule has 1 saturated carbocycles. The number of hydrogen-bond acceptors (Lipinski definition) is 4. The molecule has 1 saturated heterocycles. The lowest BCUT2D eigenvalue weighted by Crippen LogP contribution is -2.29. The van der Waals surface area contributed by atoms with Gasteiger partial charge in [0.25, 0.3) is 0 Å². The van der Waals surface area contributed by atoms with Crippen LogP contribution in [0.15, 0.2) is 28.7 Å². The summed E-state index contributed by atoms with van der Waals surface area (Å²) in [7, 11) is 0. The fourth-order valence-corrected chi connectivity index (χ4v) is 3.29. The molecule has 1 aromatic heterocycles. The van der Waals surface area contributed by atoms with E-state index in [1.54, 1.807) is 12.1 Å². The molecule has 4 nitrogen and oxygen atoms in total. The van der Waals surface area contributed by atoms with Crippen molar-refractivity contribution in [3.8, 4) is 11.5 Å². The van der Waals surface area contributed by atoms with Crippen molar-refractivity contribution in [3.63, 3.8) is 0 Å². The van der Waals surface area contributed by atoms with E-state index in [4.69, 9.17) is 4.42 Å².